The molecule has 0 radical (unpaired) electrons. The molecule has 9 nitrogen and oxygen atoms in total. The van der Waals surface area contributed by atoms with Crippen molar-refractivity contribution >= 4 is 22.9 Å². The van der Waals surface area contributed by atoms with Crippen molar-refractivity contribution in [1.82, 2.24) is 29.7 Å². The van der Waals surface area contributed by atoms with Crippen LogP contribution >= 0.6 is 0 Å². The Balaban J connectivity index is 1.25. The molecule has 3 heterocycles. The number of hydrogen-bond donors (Lipinski definition) is 3. The summed E-state index contributed by atoms with van der Waals surface area (Å²) >= 11 is 0. The highest BCUT2D eigenvalue weighted by Crippen LogP contribution is 2.17. The van der Waals surface area contributed by atoms with Gasteiger partial charge in [-0.15, -0.1) is 0 Å². The molecular weight excluding hydrogens is 394 g/mol. The molecule has 4 rings (SSSR count). The number of aryl methyl sites for hydroxylation is 1. The van der Waals surface area contributed by atoms with Gasteiger partial charge in [-0.3, -0.25) is 4.79 Å². The van der Waals surface area contributed by atoms with Crippen molar-refractivity contribution in [3.63, 3.8) is 0 Å². The van der Waals surface area contributed by atoms with Crippen LogP contribution in [0.2, 0.25) is 0 Å². The summed E-state index contributed by atoms with van der Waals surface area (Å²) in [7, 11) is 0. The number of nitrogen functional groups attached to an aromatic ring is 1. The van der Waals surface area contributed by atoms with Crippen LogP contribution in [0.25, 0.3) is 11.2 Å². The normalized spacial score (nSPS) is 15.4. The number of nitrogens with two attached hydrogens (primary N) is 1. The number of aliphatic hydroxyl groups is 1. The van der Waals surface area contributed by atoms with E-state index in [1.54, 1.807) is 6.33 Å². The van der Waals surface area contributed by atoms with Crippen LogP contribution in [0.1, 0.15) is 35.4 Å². The Kier molecular flexibility index (Phi) is 6.73. The number of hydrogen-bond acceptors (Lipinski definition) is 7. The van der Waals surface area contributed by atoms with Crippen LogP contribution in [0.4, 0.5) is 5.82 Å². The second-order valence-corrected chi connectivity index (χ2v) is 7.92. The number of nitrogens with zero attached hydrogens (tertiary/aromatic N) is 5. The Bertz CT molecular complexity index is 1010. The Morgan fingerprint density at radius 1 is 1.16 bits per heavy atom. The number of carbonyl (C=O) groups excluding carboxylic acids is 1. The minimum absolute atomic E-state index is 0.00728. The van der Waals surface area contributed by atoms with Gasteiger partial charge in [0.1, 0.15) is 11.3 Å². The van der Waals surface area contributed by atoms with Crippen LogP contribution in [0.15, 0.2) is 36.7 Å². The smallest absolute Gasteiger partial charge is 0.251 e. The van der Waals surface area contributed by atoms with Gasteiger partial charge in [0.25, 0.3) is 5.91 Å². The van der Waals surface area contributed by atoms with E-state index in [1.165, 1.54) is 0 Å². The summed E-state index contributed by atoms with van der Waals surface area (Å²) in [5.41, 5.74) is 8.02. The van der Waals surface area contributed by atoms with Crippen LogP contribution in [-0.4, -0.2) is 67.7 Å². The first-order valence-corrected chi connectivity index (χ1v) is 10.8. The zero-order chi connectivity index (χ0) is 21.6. The molecule has 3 aromatic rings. The fourth-order valence-corrected chi connectivity index (χ4v) is 4.01. The zero-order valence-corrected chi connectivity index (χ0v) is 17.6. The summed E-state index contributed by atoms with van der Waals surface area (Å²) in [6, 6.07) is 9.60. The number of rotatable bonds is 8. The molecule has 1 aliphatic rings. The van der Waals surface area contributed by atoms with Gasteiger partial charge in [0, 0.05) is 37.7 Å². The highest BCUT2D eigenvalue weighted by molar-refractivity contribution is 5.94. The lowest BCUT2D eigenvalue weighted by molar-refractivity contribution is 0.0910. The molecular formula is C22H29N7O2. The maximum absolute atomic E-state index is 12.3. The van der Waals surface area contributed by atoms with Gasteiger partial charge in [0.2, 0.25) is 0 Å². The maximum atomic E-state index is 12.3. The monoisotopic (exact) mass is 423 g/mol. The number of carbonyl (C=O) groups is 1. The summed E-state index contributed by atoms with van der Waals surface area (Å²) in [5, 5.41) is 12.3. The third kappa shape index (κ3) is 5.18. The molecule has 1 saturated heterocycles. The summed E-state index contributed by atoms with van der Waals surface area (Å²) in [4.78, 5) is 27.8. The molecule has 164 valence electrons. The van der Waals surface area contributed by atoms with Gasteiger partial charge < -0.3 is 25.6 Å². The highest BCUT2D eigenvalue weighted by Gasteiger charge is 2.21. The van der Waals surface area contributed by atoms with Crippen LogP contribution < -0.4 is 11.1 Å². The van der Waals surface area contributed by atoms with E-state index in [4.69, 9.17) is 10.8 Å². The summed E-state index contributed by atoms with van der Waals surface area (Å²) in [6.07, 6.45) is 5.01. The third-order valence-electron chi connectivity index (χ3n) is 5.70. The third-order valence-corrected chi connectivity index (χ3v) is 5.70. The average molecular weight is 424 g/mol. The first-order chi connectivity index (χ1) is 15.1. The van der Waals surface area contributed by atoms with E-state index in [1.807, 2.05) is 34.9 Å². The molecule has 1 fully saturated rings. The fourth-order valence-electron chi connectivity index (χ4n) is 4.01. The average Bonchev–Trinajstić information content (AvgIpc) is 3.19. The number of piperidine rings is 1. The lowest BCUT2D eigenvalue weighted by atomic mass is 10.0. The van der Waals surface area contributed by atoms with Crippen molar-refractivity contribution in [2.75, 3.05) is 32.0 Å². The lowest BCUT2D eigenvalue weighted by Crippen LogP contribution is -2.44. The molecule has 0 spiro atoms. The summed E-state index contributed by atoms with van der Waals surface area (Å²) < 4.78 is 2.00. The predicted molar refractivity (Wildman–Crippen MR) is 119 cm³/mol. The summed E-state index contributed by atoms with van der Waals surface area (Å²) in [6.45, 7) is 3.69. The van der Waals surface area contributed by atoms with Gasteiger partial charge >= 0.3 is 0 Å². The van der Waals surface area contributed by atoms with E-state index in [-0.39, 0.29) is 18.6 Å². The van der Waals surface area contributed by atoms with Gasteiger partial charge in [0.15, 0.2) is 11.5 Å². The van der Waals surface area contributed by atoms with Crippen molar-refractivity contribution in [2.24, 2.45) is 0 Å². The molecule has 1 aliphatic heterocycles. The summed E-state index contributed by atoms with van der Waals surface area (Å²) in [5.74, 6) is 0.897. The van der Waals surface area contributed by atoms with Crippen LogP contribution in [-0.2, 0) is 13.0 Å². The number of benzene rings is 1. The highest BCUT2D eigenvalue weighted by atomic mass is 16.3. The standard InChI is InChI=1S/C22H29N7O2/c23-20-19-21(27-18(26-20)9-14-30)29(15-24-19)11-4-10-28-12-7-17(8-13-28)25-22(31)16-5-2-1-3-6-16/h1-3,5-6,15,17,30H,4,7-14H2,(H,25,31)(H2,23,26,27). The quantitative estimate of drug-likeness (QED) is 0.498. The number of anilines is 1. The lowest BCUT2D eigenvalue weighted by Gasteiger charge is -2.32. The fraction of sp³-hybridized carbons (Fsp3) is 0.455. The second-order valence-electron chi connectivity index (χ2n) is 7.92. The number of imidazole rings is 1. The number of nitrogens with one attached hydrogen (secondary N) is 1. The zero-order valence-electron chi connectivity index (χ0n) is 17.6. The topological polar surface area (TPSA) is 122 Å². The number of amides is 1. The van der Waals surface area contributed by atoms with Crippen molar-refractivity contribution in [2.45, 2.75) is 38.3 Å². The molecule has 0 aliphatic carbocycles. The minimum Gasteiger partial charge on any atom is -0.396 e. The molecule has 9 heteroatoms. The maximum Gasteiger partial charge on any atom is 0.251 e. The van der Waals surface area contributed by atoms with Crippen molar-refractivity contribution in [3.05, 3.63) is 48.0 Å². The second kappa shape index (κ2) is 9.84. The molecule has 4 N–H and O–H groups in total. The Hall–Kier alpha value is -3.04. The SMILES string of the molecule is Nc1nc(CCO)nc2c1ncn2CCCN1CCC(NC(=O)c2ccccc2)CC1. The Morgan fingerprint density at radius 3 is 2.68 bits per heavy atom. The van der Waals surface area contributed by atoms with E-state index < -0.39 is 0 Å². The van der Waals surface area contributed by atoms with Crippen molar-refractivity contribution in [3.8, 4) is 0 Å². The molecule has 0 unspecified atom stereocenters. The molecule has 0 bridgehead atoms. The van der Waals surface area contributed by atoms with E-state index >= 15 is 0 Å². The number of aliphatic hydroxyl groups excluding tert-OH is 1. The van der Waals surface area contributed by atoms with E-state index in [0.29, 0.717) is 29.1 Å². The Labute approximate surface area is 181 Å². The first kappa shape index (κ1) is 21.2. The first-order valence-electron chi connectivity index (χ1n) is 10.8. The molecule has 0 atom stereocenters. The number of likely N-dealkylation sites (tertiary alicyclic amines) is 1. The van der Waals surface area contributed by atoms with E-state index in [9.17, 15) is 4.79 Å². The molecule has 1 aromatic carbocycles. The Morgan fingerprint density at radius 2 is 1.94 bits per heavy atom. The van der Waals surface area contributed by atoms with E-state index in [2.05, 4.69) is 25.2 Å². The van der Waals surface area contributed by atoms with Crippen LogP contribution in [0.3, 0.4) is 0 Å². The minimum atomic E-state index is -0.0131. The van der Waals surface area contributed by atoms with Crippen molar-refractivity contribution in [1.29, 1.82) is 0 Å². The van der Waals surface area contributed by atoms with E-state index in [0.717, 1.165) is 51.1 Å². The molecule has 31 heavy (non-hydrogen) atoms. The largest absolute Gasteiger partial charge is 0.396 e. The predicted octanol–water partition coefficient (Wildman–Crippen LogP) is 1.23. The van der Waals surface area contributed by atoms with Crippen LogP contribution in [0, 0.1) is 0 Å². The van der Waals surface area contributed by atoms with Gasteiger partial charge in [-0.25, -0.2) is 15.0 Å². The molecule has 0 saturated carbocycles. The number of aromatic nitrogens is 4. The van der Waals surface area contributed by atoms with Gasteiger partial charge in [0.05, 0.1) is 12.9 Å². The molecule has 1 amide bonds. The van der Waals surface area contributed by atoms with Gasteiger partial charge in [-0.1, -0.05) is 18.2 Å². The molecule has 2 aromatic heterocycles. The van der Waals surface area contributed by atoms with Gasteiger partial charge in [-0.05, 0) is 37.9 Å². The van der Waals surface area contributed by atoms with Gasteiger partial charge in [-0.2, -0.15) is 0 Å². The van der Waals surface area contributed by atoms with Crippen LogP contribution in [0.5, 0.6) is 0 Å². The number of fused-ring (bicyclic) bond motifs is 1. The van der Waals surface area contributed by atoms with Crippen molar-refractivity contribution < 1.29 is 9.90 Å².